The molecule has 0 amide bonds. The van der Waals surface area contributed by atoms with Crippen molar-refractivity contribution in [1.82, 2.24) is 9.55 Å². The van der Waals surface area contributed by atoms with Gasteiger partial charge in [0.05, 0.1) is 0 Å². The minimum Gasteiger partial charge on any atom is -0.300 e. The number of nitrogens with zero attached hydrogens (tertiary/aromatic N) is 2. The molecule has 1 fully saturated rings. The summed E-state index contributed by atoms with van der Waals surface area (Å²) in [5.74, 6) is 3.53. The number of benzene rings is 4. The third-order valence-corrected chi connectivity index (χ3v) is 10.9. The van der Waals surface area contributed by atoms with E-state index in [2.05, 4.69) is 159 Å². The molecule has 0 spiro atoms. The molecule has 2 atom stereocenters. The summed E-state index contributed by atoms with van der Waals surface area (Å²) in [7, 11) is 0. The molecule has 1 heterocycles. The molecule has 0 N–H and O–H groups in total. The largest absolute Gasteiger partial charge is 0.300 e. The number of hydrogen-bond donors (Lipinski definition) is 0. The van der Waals surface area contributed by atoms with Crippen LogP contribution in [0.4, 0.5) is 0 Å². The van der Waals surface area contributed by atoms with E-state index in [-0.39, 0.29) is 5.41 Å². The molecule has 1 unspecified atom stereocenters. The molecule has 5 aromatic rings. The van der Waals surface area contributed by atoms with Crippen LogP contribution in [0.25, 0.3) is 39.3 Å². The molecule has 4 aromatic carbocycles. The zero-order valence-corrected chi connectivity index (χ0v) is 32.4. The van der Waals surface area contributed by atoms with Gasteiger partial charge in [-0.1, -0.05) is 150 Å². The maximum absolute atomic E-state index is 5.08. The lowest BCUT2D eigenvalue weighted by atomic mass is 9.82. The van der Waals surface area contributed by atoms with E-state index in [0.717, 1.165) is 11.5 Å². The van der Waals surface area contributed by atoms with Crippen molar-refractivity contribution in [1.29, 1.82) is 0 Å². The normalized spacial score (nSPS) is 17.2. The number of hydrogen-bond acceptors (Lipinski definition) is 1. The smallest absolute Gasteiger partial charge is 0.144 e. The van der Waals surface area contributed by atoms with Crippen molar-refractivity contribution in [2.75, 3.05) is 0 Å². The van der Waals surface area contributed by atoms with Gasteiger partial charge in [0.15, 0.2) is 0 Å². The molecule has 1 aliphatic rings. The lowest BCUT2D eigenvalue weighted by Gasteiger charge is -2.23. The second kappa shape index (κ2) is 14.9. The highest BCUT2D eigenvalue weighted by atomic mass is 15.1. The fraction of sp³-hybridized carbons (Fsp3) is 0.426. The Morgan fingerprint density at radius 3 is 1.59 bits per heavy atom. The van der Waals surface area contributed by atoms with Gasteiger partial charge >= 0.3 is 0 Å². The van der Waals surface area contributed by atoms with Crippen molar-refractivity contribution >= 4 is 0 Å². The Labute approximate surface area is 298 Å². The average Bonchev–Trinajstić information content (AvgIpc) is 3.54. The number of rotatable bonds is 10. The van der Waals surface area contributed by atoms with Crippen molar-refractivity contribution in [3.63, 3.8) is 0 Å². The van der Waals surface area contributed by atoms with Gasteiger partial charge in [-0.05, 0) is 110 Å². The Balaban J connectivity index is 0.00000230. The van der Waals surface area contributed by atoms with Crippen LogP contribution in [0.2, 0.25) is 0 Å². The van der Waals surface area contributed by atoms with Gasteiger partial charge in [-0.15, -0.1) is 0 Å². The fourth-order valence-electron chi connectivity index (χ4n) is 8.03. The van der Waals surface area contributed by atoms with Crippen LogP contribution >= 0.6 is 0 Å². The predicted molar refractivity (Wildman–Crippen MR) is 213 cm³/mol. The molecule has 49 heavy (non-hydrogen) atoms. The van der Waals surface area contributed by atoms with Gasteiger partial charge < -0.3 is 0 Å². The monoisotopic (exact) mass is 652 g/mol. The Morgan fingerprint density at radius 1 is 0.673 bits per heavy atom. The van der Waals surface area contributed by atoms with Crippen LogP contribution < -0.4 is 0 Å². The molecular weight excluding hydrogens is 593 g/mol. The summed E-state index contributed by atoms with van der Waals surface area (Å²) < 4.78 is 2.30. The molecule has 2 heteroatoms. The second-order valence-corrected chi connectivity index (χ2v) is 15.4. The first kappa shape index (κ1) is 36.4. The molecule has 1 saturated carbocycles. The fourth-order valence-corrected chi connectivity index (χ4v) is 8.03. The van der Waals surface area contributed by atoms with Crippen LogP contribution in [-0.4, -0.2) is 9.55 Å². The van der Waals surface area contributed by atoms with Gasteiger partial charge in [-0.25, -0.2) is 4.98 Å². The van der Waals surface area contributed by atoms with Gasteiger partial charge in [0.2, 0.25) is 0 Å². The van der Waals surface area contributed by atoms with E-state index in [1.807, 2.05) is 20.0 Å². The molecule has 0 saturated heterocycles. The van der Waals surface area contributed by atoms with E-state index in [4.69, 9.17) is 4.98 Å². The molecule has 6 rings (SSSR count). The van der Waals surface area contributed by atoms with E-state index in [1.54, 1.807) is 0 Å². The number of imidazole rings is 1. The van der Waals surface area contributed by atoms with Crippen molar-refractivity contribution in [2.24, 2.45) is 5.92 Å². The lowest BCUT2D eigenvalue weighted by molar-refractivity contribution is 0.643. The van der Waals surface area contributed by atoms with Gasteiger partial charge in [-0.2, -0.15) is 0 Å². The highest BCUT2D eigenvalue weighted by molar-refractivity contribution is 5.80. The van der Waals surface area contributed by atoms with Gasteiger partial charge in [0.25, 0.3) is 0 Å². The maximum atomic E-state index is 5.08. The van der Waals surface area contributed by atoms with E-state index < -0.39 is 0 Å². The SMILES string of the molecule is CC.CC[C@H]1CC1(C)c1ccc(-c2c(C(C)C)cccc2C(C)C)cc1-c1nccn1-c1ccc(-c2c(C(C)C)cccc2C(C)C)cc1. The van der Waals surface area contributed by atoms with Crippen LogP contribution in [-0.2, 0) is 5.41 Å². The Morgan fingerprint density at radius 2 is 1.14 bits per heavy atom. The summed E-state index contributed by atoms with van der Waals surface area (Å²) in [6.45, 7) is 27.3. The van der Waals surface area contributed by atoms with Gasteiger partial charge in [0, 0.05) is 23.6 Å². The molecule has 0 aliphatic heterocycles. The average molecular weight is 653 g/mol. The van der Waals surface area contributed by atoms with Crippen molar-refractivity contribution < 1.29 is 0 Å². The van der Waals surface area contributed by atoms with Crippen LogP contribution in [0, 0.1) is 5.92 Å². The highest BCUT2D eigenvalue weighted by Crippen LogP contribution is 2.58. The zero-order chi connectivity index (χ0) is 35.6. The first-order chi connectivity index (χ1) is 23.5. The van der Waals surface area contributed by atoms with Crippen molar-refractivity contribution in [3.05, 3.63) is 119 Å². The van der Waals surface area contributed by atoms with Crippen LogP contribution in [0.3, 0.4) is 0 Å². The highest BCUT2D eigenvalue weighted by Gasteiger charge is 2.51. The van der Waals surface area contributed by atoms with E-state index in [9.17, 15) is 0 Å². The van der Waals surface area contributed by atoms with Crippen molar-refractivity contribution in [3.8, 4) is 39.3 Å². The third kappa shape index (κ3) is 6.94. The van der Waals surface area contributed by atoms with Crippen molar-refractivity contribution in [2.45, 2.75) is 125 Å². The van der Waals surface area contributed by atoms with E-state index in [1.165, 1.54) is 68.5 Å². The molecule has 0 radical (unpaired) electrons. The van der Waals surface area contributed by atoms with E-state index in [0.29, 0.717) is 29.6 Å². The van der Waals surface area contributed by atoms with E-state index >= 15 is 0 Å². The first-order valence-corrected chi connectivity index (χ1v) is 19.0. The Kier molecular flexibility index (Phi) is 11.1. The Hall–Kier alpha value is -3.91. The maximum Gasteiger partial charge on any atom is 0.144 e. The summed E-state index contributed by atoms with van der Waals surface area (Å²) in [6.07, 6.45) is 6.55. The predicted octanol–water partition coefficient (Wildman–Crippen LogP) is 14.1. The molecule has 1 aromatic heterocycles. The minimum atomic E-state index is 0.176. The summed E-state index contributed by atoms with van der Waals surface area (Å²) >= 11 is 0. The summed E-state index contributed by atoms with van der Waals surface area (Å²) in [4.78, 5) is 5.08. The molecule has 0 bridgehead atoms. The van der Waals surface area contributed by atoms with Crippen LogP contribution in [0.15, 0.2) is 91.3 Å². The number of aromatic nitrogens is 2. The molecule has 2 nitrogen and oxygen atoms in total. The minimum absolute atomic E-state index is 0.176. The molecule has 258 valence electrons. The van der Waals surface area contributed by atoms with Gasteiger partial charge in [0.1, 0.15) is 5.82 Å². The lowest BCUT2D eigenvalue weighted by Crippen LogP contribution is -2.09. The second-order valence-electron chi connectivity index (χ2n) is 15.4. The first-order valence-electron chi connectivity index (χ1n) is 19.0. The van der Waals surface area contributed by atoms with Crippen LogP contribution in [0.1, 0.15) is 147 Å². The standard InChI is InChI=1S/C45H54N2.C2H6/c1-11-34-27-45(34,10)41-23-20-33(43-38(30(6)7)16-13-17-39(43)31(8)9)26-40(41)44-46-24-25-47(44)35-21-18-32(19-22-35)42-36(28(2)3)14-12-15-37(42)29(4)5;1-2/h12-26,28-31,34H,11,27H2,1-10H3;1-2H3/t34-,45?;/m0./s1. The third-order valence-electron chi connectivity index (χ3n) is 10.9. The van der Waals surface area contributed by atoms with Crippen LogP contribution in [0.5, 0.6) is 0 Å². The summed E-state index contributed by atoms with van der Waals surface area (Å²) in [5.41, 5.74) is 15.0. The Bertz CT molecular complexity index is 1810. The topological polar surface area (TPSA) is 17.8 Å². The van der Waals surface area contributed by atoms with Gasteiger partial charge in [-0.3, -0.25) is 4.57 Å². The summed E-state index contributed by atoms with van der Waals surface area (Å²) in [5, 5.41) is 0. The summed E-state index contributed by atoms with van der Waals surface area (Å²) in [6, 6.07) is 30.2. The quantitative estimate of drug-likeness (QED) is 0.147. The zero-order valence-electron chi connectivity index (χ0n) is 32.4. The molecule has 1 aliphatic carbocycles. The molecular formula is C47H60N2.